The number of aliphatic hydroxyl groups is 1. The second-order valence-electron chi connectivity index (χ2n) is 7.88. The third kappa shape index (κ3) is 2.86. The maximum absolute atomic E-state index is 13.4. The Morgan fingerprint density at radius 2 is 2.03 bits per heavy atom. The van der Waals surface area contributed by atoms with E-state index in [1.54, 1.807) is 4.90 Å². The first-order valence-corrected chi connectivity index (χ1v) is 11.2. The number of rotatable bonds is 2. The average Bonchev–Trinajstić information content (AvgIpc) is 3.18. The number of benzene rings is 2. The van der Waals surface area contributed by atoms with Crippen molar-refractivity contribution in [1.82, 2.24) is 0 Å². The van der Waals surface area contributed by atoms with Crippen molar-refractivity contribution in [2.24, 2.45) is 0 Å². The zero-order valence-corrected chi connectivity index (χ0v) is 16.7. The van der Waals surface area contributed by atoms with Crippen LogP contribution in [0.3, 0.4) is 0 Å². The highest BCUT2D eigenvalue weighted by Gasteiger charge is 2.54. The van der Waals surface area contributed by atoms with Crippen LogP contribution in [0.15, 0.2) is 36.4 Å². The maximum atomic E-state index is 13.4. The molecule has 7 nitrogen and oxygen atoms in total. The SMILES string of the molecule is Cc1cc2c3c4c1N(Cc1ccccc1)C(=O)C4(O)CCS(=O)(=O)OCC(C2)O3. The first-order valence-electron chi connectivity index (χ1n) is 9.57. The zero-order valence-electron chi connectivity index (χ0n) is 15.9. The standard InChI is InChI=1S/C21H21NO6S/c1-13-9-15-10-16-12-27-29(25,26)8-7-21(24)17(19(15)28-16)18(13)22(20(21)23)11-14-5-3-2-4-6-14/h2-6,9,16,24H,7-8,10-12H2,1H3. The predicted molar refractivity (Wildman–Crippen MR) is 105 cm³/mol. The quantitative estimate of drug-likeness (QED) is 0.752. The Balaban J connectivity index is 1.69. The number of hydrogen-bond donors (Lipinski definition) is 1. The van der Waals surface area contributed by atoms with Crippen molar-refractivity contribution in [3.63, 3.8) is 0 Å². The Morgan fingerprint density at radius 1 is 1.28 bits per heavy atom. The Hall–Kier alpha value is -2.42. The van der Waals surface area contributed by atoms with Crippen molar-refractivity contribution in [3.8, 4) is 5.75 Å². The number of fused-ring (bicyclic) bond motifs is 1. The summed E-state index contributed by atoms with van der Waals surface area (Å²) >= 11 is 0. The normalized spacial score (nSPS) is 27.0. The number of carbonyl (C=O) groups is 1. The lowest BCUT2D eigenvalue weighted by atomic mass is 9.88. The van der Waals surface area contributed by atoms with Crippen LogP contribution in [0.2, 0.25) is 0 Å². The van der Waals surface area contributed by atoms with Gasteiger partial charge in [0.05, 0.1) is 23.5 Å². The van der Waals surface area contributed by atoms with Gasteiger partial charge >= 0.3 is 0 Å². The number of hydrogen-bond acceptors (Lipinski definition) is 6. The number of carbonyl (C=O) groups excluding carboxylic acids is 1. The van der Waals surface area contributed by atoms with Gasteiger partial charge in [-0.1, -0.05) is 36.4 Å². The summed E-state index contributed by atoms with van der Waals surface area (Å²) in [6.45, 7) is 2.10. The van der Waals surface area contributed by atoms with Crippen LogP contribution in [0.1, 0.15) is 28.7 Å². The summed E-state index contributed by atoms with van der Waals surface area (Å²) in [5.41, 5.74) is 1.67. The molecule has 0 spiro atoms. The number of anilines is 1. The van der Waals surface area contributed by atoms with Crippen LogP contribution in [0.25, 0.3) is 0 Å². The van der Waals surface area contributed by atoms with Gasteiger partial charge in [0, 0.05) is 12.8 Å². The highest BCUT2D eigenvalue weighted by molar-refractivity contribution is 7.86. The zero-order chi connectivity index (χ0) is 20.4. The summed E-state index contributed by atoms with van der Waals surface area (Å²) in [5.74, 6) is -0.482. The van der Waals surface area contributed by atoms with Gasteiger partial charge in [-0.15, -0.1) is 0 Å². The summed E-state index contributed by atoms with van der Waals surface area (Å²) in [5, 5.41) is 11.5. The van der Waals surface area contributed by atoms with Crippen LogP contribution >= 0.6 is 0 Å². The molecular formula is C21H21NO6S. The van der Waals surface area contributed by atoms with Gasteiger partial charge in [-0.05, 0) is 23.6 Å². The van der Waals surface area contributed by atoms with Crippen molar-refractivity contribution in [2.45, 2.75) is 38.0 Å². The van der Waals surface area contributed by atoms with E-state index in [-0.39, 0.29) is 19.6 Å². The van der Waals surface area contributed by atoms with E-state index in [4.69, 9.17) is 8.92 Å². The average molecular weight is 415 g/mol. The fourth-order valence-electron chi connectivity index (χ4n) is 4.52. The molecule has 0 saturated carbocycles. The number of amides is 1. The van der Waals surface area contributed by atoms with Crippen LogP contribution in [-0.2, 0) is 37.7 Å². The van der Waals surface area contributed by atoms with Crippen molar-refractivity contribution in [3.05, 3.63) is 58.7 Å². The van der Waals surface area contributed by atoms with E-state index in [2.05, 4.69) is 0 Å². The van der Waals surface area contributed by atoms with Gasteiger partial charge in [-0.3, -0.25) is 8.98 Å². The van der Waals surface area contributed by atoms with E-state index >= 15 is 0 Å². The highest BCUT2D eigenvalue weighted by Crippen LogP contribution is 2.53. The smallest absolute Gasteiger partial charge is 0.267 e. The first-order chi connectivity index (χ1) is 13.8. The van der Waals surface area contributed by atoms with Crippen molar-refractivity contribution < 1.29 is 27.2 Å². The largest absolute Gasteiger partial charge is 0.487 e. The minimum atomic E-state index is -3.88. The maximum Gasteiger partial charge on any atom is 0.267 e. The van der Waals surface area contributed by atoms with Gasteiger partial charge in [-0.25, -0.2) is 0 Å². The molecule has 1 amide bonds. The number of ether oxygens (including phenoxy) is 1. The first kappa shape index (κ1) is 18.6. The third-order valence-corrected chi connectivity index (χ3v) is 7.06. The van der Waals surface area contributed by atoms with E-state index in [0.29, 0.717) is 23.4 Å². The van der Waals surface area contributed by atoms with Gasteiger partial charge in [0.2, 0.25) is 0 Å². The molecule has 152 valence electrons. The lowest BCUT2D eigenvalue weighted by molar-refractivity contribution is -0.136. The van der Waals surface area contributed by atoms with E-state index in [1.165, 1.54) is 0 Å². The summed E-state index contributed by atoms with van der Waals surface area (Å²) in [6.07, 6.45) is -0.274. The van der Waals surface area contributed by atoms with E-state index < -0.39 is 33.5 Å². The van der Waals surface area contributed by atoms with Gasteiger partial charge in [0.1, 0.15) is 18.5 Å². The Morgan fingerprint density at radius 3 is 2.79 bits per heavy atom. The van der Waals surface area contributed by atoms with E-state index in [1.807, 2.05) is 43.3 Å². The van der Waals surface area contributed by atoms with E-state index in [9.17, 15) is 18.3 Å². The second-order valence-corrected chi connectivity index (χ2v) is 9.64. The predicted octanol–water partition coefficient (Wildman–Crippen LogP) is 1.78. The molecule has 2 aromatic carbocycles. The highest BCUT2D eigenvalue weighted by atomic mass is 32.2. The van der Waals surface area contributed by atoms with Crippen LogP contribution < -0.4 is 9.64 Å². The monoisotopic (exact) mass is 415 g/mol. The summed E-state index contributed by atoms with van der Waals surface area (Å²) in [6, 6.07) is 11.4. The van der Waals surface area contributed by atoms with Crippen LogP contribution in [0, 0.1) is 6.92 Å². The molecule has 0 radical (unpaired) electrons. The number of nitrogens with zero attached hydrogens (tertiary/aromatic N) is 1. The lowest BCUT2D eigenvalue weighted by Crippen LogP contribution is -2.42. The van der Waals surface area contributed by atoms with Crippen LogP contribution in [0.4, 0.5) is 5.69 Å². The molecule has 3 heterocycles. The van der Waals surface area contributed by atoms with Gasteiger partial charge in [0.15, 0.2) is 5.60 Å². The molecule has 3 aliphatic rings. The molecule has 2 aromatic rings. The Bertz CT molecular complexity index is 1110. The molecule has 2 bridgehead atoms. The van der Waals surface area contributed by atoms with Gasteiger partial charge < -0.3 is 14.7 Å². The van der Waals surface area contributed by atoms with Gasteiger partial charge in [0.25, 0.3) is 16.0 Å². The minimum Gasteiger partial charge on any atom is -0.487 e. The topological polar surface area (TPSA) is 93.1 Å². The minimum absolute atomic E-state index is 0.0784. The van der Waals surface area contributed by atoms with Gasteiger partial charge in [-0.2, -0.15) is 8.42 Å². The second kappa shape index (κ2) is 6.29. The van der Waals surface area contributed by atoms with Crippen LogP contribution in [-0.4, -0.2) is 37.9 Å². The molecule has 0 aromatic heterocycles. The van der Waals surface area contributed by atoms with Crippen molar-refractivity contribution in [2.75, 3.05) is 17.3 Å². The Labute approximate surface area is 169 Å². The molecule has 5 rings (SSSR count). The van der Waals surface area contributed by atoms with Crippen LogP contribution in [0.5, 0.6) is 5.75 Å². The molecule has 3 aliphatic heterocycles. The molecule has 0 saturated heterocycles. The third-order valence-electron chi connectivity index (χ3n) is 5.87. The molecule has 1 N–H and O–H groups in total. The summed E-state index contributed by atoms with van der Waals surface area (Å²) < 4.78 is 35.6. The molecule has 0 fully saturated rings. The summed E-state index contributed by atoms with van der Waals surface area (Å²) in [7, 11) is -3.88. The molecule has 29 heavy (non-hydrogen) atoms. The Kier molecular flexibility index (Phi) is 4.03. The molecule has 2 atom stereocenters. The molecular weight excluding hydrogens is 394 g/mol. The van der Waals surface area contributed by atoms with E-state index in [0.717, 1.165) is 16.7 Å². The molecule has 0 aliphatic carbocycles. The van der Waals surface area contributed by atoms with Crippen molar-refractivity contribution >= 4 is 21.7 Å². The molecule has 2 unspecified atom stereocenters. The molecule has 8 heteroatoms. The fraction of sp³-hybridized carbons (Fsp3) is 0.381. The fourth-order valence-corrected chi connectivity index (χ4v) is 5.54. The lowest BCUT2D eigenvalue weighted by Gasteiger charge is -2.25. The van der Waals surface area contributed by atoms with Crippen molar-refractivity contribution in [1.29, 1.82) is 0 Å². The summed E-state index contributed by atoms with van der Waals surface area (Å²) in [4.78, 5) is 15.0. The number of aryl methyl sites for hydroxylation is 1.